The highest BCUT2D eigenvalue weighted by atomic mass is 19.4. The minimum atomic E-state index is -4.55. The summed E-state index contributed by atoms with van der Waals surface area (Å²) in [6.07, 6.45) is 2.67. The van der Waals surface area contributed by atoms with E-state index in [-0.39, 0.29) is 12.6 Å². The maximum atomic E-state index is 13.1. The molecule has 0 saturated heterocycles. The molecule has 1 aromatic heterocycles. The van der Waals surface area contributed by atoms with Gasteiger partial charge < -0.3 is 10.1 Å². The number of ether oxygens (including phenoxy) is 1. The maximum absolute atomic E-state index is 13.1. The highest BCUT2D eigenvalue weighted by Crippen LogP contribution is 2.36. The van der Waals surface area contributed by atoms with Crippen LogP contribution in [0.5, 0.6) is 5.88 Å². The van der Waals surface area contributed by atoms with Gasteiger partial charge >= 0.3 is 6.18 Å². The van der Waals surface area contributed by atoms with E-state index in [1.54, 1.807) is 0 Å². The fraction of sp³-hybridized carbons (Fsp3) is 0.500. The summed E-state index contributed by atoms with van der Waals surface area (Å²) in [6.45, 7) is 2.13. The Balaban J connectivity index is 1.74. The molecule has 7 heteroatoms. The van der Waals surface area contributed by atoms with Crippen LogP contribution in [0.25, 0.3) is 0 Å². The van der Waals surface area contributed by atoms with Gasteiger partial charge in [0.15, 0.2) is 0 Å². The Kier molecular flexibility index (Phi) is 6.19. The summed E-state index contributed by atoms with van der Waals surface area (Å²) in [7, 11) is 0. The first-order valence-corrected chi connectivity index (χ1v) is 9.41. The highest BCUT2D eigenvalue weighted by Gasteiger charge is 2.36. The van der Waals surface area contributed by atoms with Gasteiger partial charge in [-0.15, -0.1) is 0 Å². The summed E-state index contributed by atoms with van der Waals surface area (Å²) < 4.78 is 44.6. The third-order valence-electron chi connectivity index (χ3n) is 4.79. The van der Waals surface area contributed by atoms with Gasteiger partial charge in [0.1, 0.15) is 5.56 Å². The predicted octanol–water partition coefficient (Wildman–Crippen LogP) is 6.08. The lowest BCUT2D eigenvalue weighted by Crippen LogP contribution is -2.13. The van der Waals surface area contributed by atoms with E-state index in [2.05, 4.69) is 27.4 Å². The van der Waals surface area contributed by atoms with Gasteiger partial charge in [0.2, 0.25) is 11.8 Å². The molecule has 0 spiro atoms. The van der Waals surface area contributed by atoms with Gasteiger partial charge in [0.25, 0.3) is 0 Å². The molecule has 1 heterocycles. The molecule has 1 saturated carbocycles. The van der Waals surface area contributed by atoms with Gasteiger partial charge in [-0.3, -0.25) is 0 Å². The average Bonchev–Trinajstić information content (AvgIpc) is 3.16. The Morgan fingerprint density at radius 2 is 1.85 bits per heavy atom. The molecule has 0 radical (unpaired) electrons. The molecular formula is C20H24F3N3O. The number of hydrogen-bond acceptors (Lipinski definition) is 4. The second-order valence-electron chi connectivity index (χ2n) is 6.84. The topological polar surface area (TPSA) is 47.0 Å². The molecule has 3 rings (SSSR count). The van der Waals surface area contributed by atoms with Crippen molar-refractivity contribution in [3.8, 4) is 5.88 Å². The van der Waals surface area contributed by atoms with Crippen LogP contribution < -0.4 is 10.1 Å². The Bertz CT molecular complexity index is 741. The van der Waals surface area contributed by atoms with E-state index >= 15 is 0 Å². The third kappa shape index (κ3) is 5.11. The lowest BCUT2D eigenvalue weighted by Gasteiger charge is -2.14. The molecule has 146 valence electrons. The van der Waals surface area contributed by atoms with Crippen LogP contribution in [-0.4, -0.2) is 16.6 Å². The molecular weight excluding hydrogens is 355 g/mol. The second-order valence-corrected chi connectivity index (χ2v) is 6.84. The van der Waals surface area contributed by atoms with E-state index in [1.807, 2.05) is 19.1 Å². The number of nitrogens with zero attached hydrogens (tertiary/aromatic N) is 2. The molecule has 0 atom stereocenters. The van der Waals surface area contributed by atoms with Gasteiger partial charge in [0, 0.05) is 11.9 Å². The molecule has 0 bridgehead atoms. The molecule has 1 aliphatic carbocycles. The standard InChI is InChI=1S/C20H24F3N3O/c1-2-3-12-27-18-17(20(21,22)23)13-24-19(26-18)25-16-10-8-15(9-11-16)14-6-4-5-7-14/h8-11,13-14H,2-7,12H2,1H3,(H,24,25,26). The van der Waals surface area contributed by atoms with E-state index < -0.39 is 17.6 Å². The minimum absolute atomic E-state index is 0.0862. The molecule has 27 heavy (non-hydrogen) atoms. The van der Waals surface area contributed by atoms with E-state index in [0.29, 0.717) is 12.3 Å². The Labute approximate surface area is 157 Å². The maximum Gasteiger partial charge on any atom is 0.423 e. The van der Waals surface area contributed by atoms with Crippen molar-refractivity contribution < 1.29 is 17.9 Å². The van der Waals surface area contributed by atoms with E-state index in [0.717, 1.165) is 18.3 Å². The van der Waals surface area contributed by atoms with Crippen molar-refractivity contribution in [2.24, 2.45) is 0 Å². The van der Waals surface area contributed by atoms with Gasteiger partial charge in [-0.2, -0.15) is 18.2 Å². The number of halogens is 3. The Hall–Kier alpha value is -2.31. The summed E-state index contributed by atoms with van der Waals surface area (Å²) in [5.74, 6) is 0.263. The Morgan fingerprint density at radius 3 is 2.48 bits per heavy atom. The highest BCUT2D eigenvalue weighted by molar-refractivity contribution is 5.54. The third-order valence-corrected chi connectivity index (χ3v) is 4.79. The van der Waals surface area contributed by atoms with E-state index in [4.69, 9.17) is 4.74 Å². The fourth-order valence-electron chi connectivity index (χ4n) is 3.27. The molecule has 0 aliphatic heterocycles. The van der Waals surface area contributed by atoms with Gasteiger partial charge in [0.05, 0.1) is 6.61 Å². The number of aromatic nitrogens is 2. The van der Waals surface area contributed by atoms with Crippen molar-refractivity contribution in [2.75, 3.05) is 11.9 Å². The molecule has 4 nitrogen and oxygen atoms in total. The molecule has 1 aromatic carbocycles. The molecule has 2 aromatic rings. The smallest absolute Gasteiger partial charge is 0.423 e. The van der Waals surface area contributed by atoms with Crippen LogP contribution in [0.1, 0.15) is 62.5 Å². The predicted molar refractivity (Wildman–Crippen MR) is 98.4 cm³/mol. The first-order valence-electron chi connectivity index (χ1n) is 9.41. The Morgan fingerprint density at radius 1 is 1.15 bits per heavy atom. The number of nitrogens with one attached hydrogen (secondary N) is 1. The molecule has 1 fully saturated rings. The minimum Gasteiger partial charge on any atom is -0.477 e. The van der Waals surface area contributed by atoms with Crippen molar-refractivity contribution in [1.29, 1.82) is 0 Å². The summed E-state index contributed by atoms with van der Waals surface area (Å²) in [5.41, 5.74) is 1.08. The van der Waals surface area contributed by atoms with Gasteiger partial charge in [-0.25, -0.2) is 4.98 Å². The monoisotopic (exact) mass is 379 g/mol. The van der Waals surface area contributed by atoms with Crippen molar-refractivity contribution in [3.63, 3.8) is 0 Å². The SMILES string of the molecule is CCCCOc1nc(Nc2ccc(C3CCCC3)cc2)ncc1C(F)(F)F. The molecule has 0 amide bonds. The lowest BCUT2D eigenvalue weighted by atomic mass is 9.98. The van der Waals surface area contributed by atoms with Crippen LogP contribution in [0.4, 0.5) is 24.8 Å². The zero-order valence-corrected chi connectivity index (χ0v) is 15.4. The molecule has 0 unspecified atom stereocenters. The first-order chi connectivity index (χ1) is 13.0. The van der Waals surface area contributed by atoms with Crippen molar-refractivity contribution in [2.45, 2.75) is 57.5 Å². The van der Waals surface area contributed by atoms with Crippen molar-refractivity contribution >= 4 is 11.6 Å². The zero-order chi connectivity index (χ0) is 19.3. The number of unbranched alkanes of at least 4 members (excludes halogenated alkanes) is 1. The van der Waals surface area contributed by atoms with Crippen LogP contribution in [-0.2, 0) is 6.18 Å². The van der Waals surface area contributed by atoms with Crippen LogP contribution >= 0.6 is 0 Å². The lowest BCUT2D eigenvalue weighted by molar-refractivity contribution is -0.139. The van der Waals surface area contributed by atoms with Crippen molar-refractivity contribution in [3.05, 3.63) is 41.6 Å². The quantitative estimate of drug-likeness (QED) is 0.593. The summed E-state index contributed by atoms with van der Waals surface area (Å²) in [6, 6.07) is 7.93. The van der Waals surface area contributed by atoms with Crippen LogP contribution in [0.2, 0.25) is 0 Å². The van der Waals surface area contributed by atoms with E-state index in [9.17, 15) is 13.2 Å². The first kappa shape index (κ1) is 19.5. The number of rotatable bonds is 7. The van der Waals surface area contributed by atoms with E-state index in [1.165, 1.54) is 31.2 Å². The van der Waals surface area contributed by atoms with Gasteiger partial charge in [-0.05, 0) is 42.9 Å². The number of anilines is 2. The summed E-state index contributed by atoms with van der Waals surface area (Å²) in [4.78, 5) is 7.75. The molecule has 1 aliphatic rings. The van der Waals surface area contributed by atoms with Gasteiger partial charge in [-0.1, -0.05) is 38.3 Å². The second kappa shape index (κ2) is 8.59. The van der Waals surface area contributed by atoms with Crippen LogP contribution in [0.3, 0.4) is 0 Å². The summed E-state index contributed by atoms with van der Waals surface area (Å²) in [5, 5.41) is 2.96. The molecule has 1 N–H and O–H groups in total. The van der Waals surface area contributed by atoms with Crippen LogP contribution in [0, 0.1) is 0 Å². The number of hydrogen-bond donors (Lipinski definition) is 1. The average molecular weight is 379 g/mol. The fourth-order valence-corrected chi connectivity index (χ4v) is 3.27. The zero-order valence-electron chi connectivity index (χ0n) is 15.4. The number of benzene rings is 1. The largest absolute Gasteiger partial charge is 0.477 e. The van der Waals surface area contributed by atoms with Crippen LogP contribution in [0.15, 0.2) is 30.5 Å². The number of alkyl halides is 3. The van der Waals surface area contributed by atoms with Crippen molar-refractivity contribution in [1.82, 2.24) is 9.97 Å². The normalized spacial score (nSPS) is 15.1. The summed E-state index contributed by atoms with van der Waals surface area (Å²) >= 11 is 0.